The van der Waals surface area contributed by atoms with E-state index >= 15 is 0 Å². The van der Waals surface area contributed by atoms with E-state index in [0.29, 0.717) is 0 Å². The second kappa shape index (κ2) is 10.9. The third-order valence-electron chi connectivity index (χ3n) is 9.55. The van der Waals surface area contributed by atoms with Crippen LogP contribution < -0.4 is 4.90 Å². The Morgan fingerprint density at radius 2 is 1.42 bits per heavy atom. The molecule has 9 aromatic rings. The number of hydrogen-bond donors (Lipinski definition) is 2. The summed E-state index contributed by atoms with van der Waals surface area (Å²) in [4.78, 5) is 14.9. The Labute approximate surface area is 278 Å². The van der Waals surface area contributed by atoms with Crippen molar-refractivity contribution in [2.24, 2.45) is 0 Å². The summed E-state index contributed by atoms with van der Waals surface area (Å²) in [5.41, 5.74) is 13.0. The minimum Gasteiger partial charge on any atom is -0.355 e. The van der Waals surface area contributed by atoms with Gasteiger partial charge in [0.2, 0.25) is 0 Å². The molecule has 9 rings (SSSR count). The average molecular weight is 620 g/mol. The van der Waals surface area contributed by atoms with E-state index in [0.717, 1.165) is 83.4 Å². The highest BCUT2D eigenvalue weighted by Crippen LogP contribution is 2.41. The van der Waals surface area contributed by atoms with Crippen LogP contribution in [0.1, 0.15) is 18.2 Å². The Kier molecular flexibility index (Phi) is 6.34. The van der Waals surface area contributed by atoms with Crippen molar-refractivity contribution in [2.75, 3.05) is 11.9 Å². The van der Waals surface area contributed by atoms with E-state index in [4.69, 9.17) is 4.98 Å². The van der Waals surface area contributed by atoms with Gasteiger partial charge >= 0.3 is 0 Å². The van der Waals surface area contributed by atoms with Crippen LogP contribution in [-0.2, 0) is 0 Å². The summed E-state index contributed by atoms with van der Waals surface area (Å²) in [6.07, 6.45) is 6.09. The predicted molar refractivity (Wildman–Crippen MR) is 205 cm³/mol. The first-order valence-electron chi connectivity index (χ1n) is 16.3. The predicted octanol–water partition coefficient (Wildman–Crippen LogP) is 11.4. The molecule has 4 heterocycles. The second-order valence-electron chi connectivity index (χ2n) is 12.3. The average Bonchev–Trinajstić information content (AvgIpc) is 3.79. The molecule has 2 N–H and O–H groups in total. The first-order chi connectivity index (χ1) is 23.6. The van der Waals surface area contributed by atoms with Crippen molar-refractivity contribution in [3.8, 4) is 16.8 Å². The van der Waals surface area contributed by atoms with Gasteiger partial charge in [0, 0.05) is 73.3 Å². The molecule has 5 nitrogen and oxygen atoms in total. The van der Waals surface area contributed by atoms with Crippen LogP contribution in [0.2, 0.25) is 0 Å². The van der Waals surface area contributed by atoms with Crippen molar-refractivity contribution in [1.29, 1.82) is 0 Å². The highest BCUT2D eigenvalue weighted by molar-refractivity contribution is 6.11. The van der Waals surface area contributed by atoms with Gasteiger partial charge in [-0.1, -0.05) is 85.5 Å². The summed E-state index contributed by atoms with van der Waals surface area (Å²) >= 11 is 0. The lowest BCUT2D eigenvalue weighted by atomic mass is 10.0. The number of hydrogen-bond acceptors (Lipinski definition) is 2. The molecular formula is C43H33N5. The number of fused-ring (bicyclic) bond motifs is 7. The zero-order valence-electron chi connectivity index (χ0n) is 26.8. The van der Waals surface area contributed by atoms with E-state index in [2.05, 4.69) is 167 Å². The van der Waals surface area contributed by atoms with E-state index in [1.54, 1.807) is 0 Å². The number of nitrogens with zero attached hydrogens (tertiary/aromatic N) is 3. The van der Waals surface area contributed by atoms with Crippen LogP contribution in [0.25, 0.3) is 83.6 Å². The van der Waals surface area contributed by atoms with Gasteiger partial charge in [-0.15, -0.1) is 0 Å². The summed E-state index contributed by atoms with van der Waals surface area (Å²) in [6, 6.07) is 43.2. The first kappa shape index (κ1) is 27.9. The van der Waals surface area contributed by atoms with Crippen LogP contribution in [0.5, 0.6) is 0 Å². The summed E-state index contributed by atoms with van der Waals surface area (Å²) in [5.74, 6) is 0.904. The van der Waals surface area contributed by atoms with Crippen molar-refractivity contribution in [3.05, 3.63) is 145 Å². The number of H-pyrrole nitrogens is 2. The Balaban J connectivity index is 1.30. The SMILES string of the molecule is C=Cc1c(/C=C\C)[nH]c2ccc(-n3c4ccccc4c4nc(N(C)c5ccc6[nH]c7ccccc7c6c5)c(-c5ccccc5)cc43)cc12. The molecule has 0 spiro atoms. The lowest BCUT2D eigenvalue weighted by Crippen LogP contribution is -2.13. The van der Waals surface area contributed by atoms with Gasteiger partial charge in [-0.25, -0.2) is 4.98 Å². The van der Waals surface area contributed by atoms with Crippen LogP contribution in [-0.4, -0.2) is 26.6 Å². The van der Waals surface area contributed by atoms with Crippen molar-refractivity contribution < 1.29 is 0 Å². The number of benzene rings is 5. The Morgan fingerprint density at radius 3 is 2.25 bits per heavy atom. The number of allylic oxidation sites excluding steroid dienone is 1. The van der Waals surface area contributed by atoms with Gasteiger partial charge in [0.05, 0.1) is 16.6 Å². The highest BCUT2D eigenvalue weighted by Gasteiger charge is 2.21. The maximum absolute atomic E-state index is 5.52. The molecule has 48 heavy (non-hydrogen) atoms. The molecule has 0 bridgehead atoms. The van der Waals surface area contributed by atoms with Crippen LogP contribution >= 0.6 is 0 Å². The maximum atomic E-state index is 5.52. The number of para-hydroxylation sites is 2. The third-order valence-corrected chi connectivity index (χ3v) is 9.55. The van der Waals surface area contributed by atoms with Crippen molar-refractivity contribution in [1.82, 2.24) is 19.5 Å². The lowest BCUT2D eigenvalue weighted by molar-refractivity contribution is 1.14. The fourth-order valence-corrected chi connectivity index (χ4v) is 7.27. The molecule has 0 saturated carbocycles. The minimum absolute atomic E-state index is 0.904. The summed E-state index contributed by atoms with van der Waals surface area (Å²) in [5, 5.41) is 4.67. The van der Waals surface area contributed by atoms with Crippen molar-refractivity contribution in [2.45, 2.75) is 6.92 Å². The highest BCUT2D eigenvalue weighted by atomic mass is 15.2. The Bertz CT molecular complexity index is 2720. The van der Waals surface area contributed by atoms with Gasteiger partial charge in [-0.2, -0.15) is 0 Å². The Morgan fingerprint density at radius 1 is 0.688 bits per heavy atom. The number of nitrogens with one attached hydrogen (secondary N) is 2. The molecule has 0 atom stereocenters. The number of aromatic nitrogens is 4. The molecule has 0 fully saturated rings. The molecule has 0 aliphatic carbocycles. The van der Waals surface area contributed by atoms with Crippen molar-refractivity contribution >= 4 is 78.3 Å². The van der Waals surface area contributed by atoms with Crippen molar-refractivity contribution in [3.63, 3.8) is 0 Å². The van der Waals surface area contributed by atoms with Gasteiger partial charge < -0.3 is 19.4 Å². The number of anilines is 2. The van der Waals surface area contributed by atoms with E-state index in [1.807, 2.05) is 13.0 Å². The molecule has 0 amide bonds. The minimum atomic E-state index is 0.904. The number of pyridine rings is 1. The molecule has 0 radical (unpaired) electrons. The standard InChI is InChI=1S/C43H33N5/c1-4-13-36-30(5-2)34-25-29(21-23-38(34)44-36)48-40-19-12-10-17-32(40)42-41(48)26-33(27-14-7-6-8-15-27)43(46-42)47(3)28-20-22-39-35(24-28)31-16-9-11-18-37(31)45-39/h4-26,44-45H,2H2,1,3H3/b13-4-. The van der Waals surface area contributed by atoms with Gasteiger partial charge in [0.25, 0.3) is 0 Å². The molecule has 0 saturated heterocycles. The summed E-state index contributed by atoms with van der Waals surface area (Å²) in [6.45, 7) is 6.17. The topological polar surface area (TPSA) is 52.6 Å². The zero-order chi connectivity index (χ0) is 32.4. The van der Waals surface area contributed by atoms with Crippen LogP contribution in [0, 0.1) is 0 Å². The normalized spacial score (nSPS) is 12.0. The van der Waals surface area contributed by atoms with E-state index in [9.17, 15) is 0 Å². The van der Waals surface area contributed by atoms with Crippen LogP contribution in [0.15, 0.2) is 134 Å². The molecule has 5 heteroatoms. The van der Waals surface area contributed by atoms with E-state index in [1.165, 1.54) is 10.8 Å². The summed E-state index contributed by atoms with van der Waals surface area (Å²) < 4.78 is 2.35. The maximum Gasteiger partial charge on any atom is 0.141 e. The first-order valence-corrected chi connectivity index (χ1v) is 16.3. The van der Waals surface area contributed by atoms with Gasteiger partial charge in [-0.05, 0) is 73.2 Å². The quantitative estimate of drug-likeness (QED) is 0.195. The van der Waals surface area contributed by atoms with Gasteiger partial charge in [0.15, 0.2) is 0 Å². The molecular weight excluding hydrogens is 587 g/mol. The lowest BCUT2D eigenvalue weighted by Gasteiger charge is -2.22. The zero-order valence-corrected chi connectivity index (χ0v) is 26.8. The monoisotopic (exact) mass is 619 g/mol. The van der Waals surface area contributed by atoms with Gasteiger partial charge in [0.1, 0.15) is 5.82 Å². The fraction of sp³-hybridized carbons (Fsp3) is 0.0465. The summed E-state index contributed by atoms with van der Waals surface area (Å²) in [7, 11) is 2.12. The molecule has 5 aromatic carbocycles. The molecule has 4 aromatic heterocycles. The molecule has 0 unspecified atom stereocenters. The van der Waals surface area contributed by atoms with E-state index < -0.39 is 0 Å². The van der Waals surface area contributed by atoms with Crippen LogP contribution in [0.3, 0.4) is 0 Å². The smallest absolute Gasteiger partial charge is 0.141 e. The van der Waals surface area contributed by atoms with Gasteiger partial charge in [-0.3, -0.25) is 0 Å². The molecule has 0 aliphatic rings. The molecule has 230 valence electrons. The third kappa shape index (κ3) is 4.21. The van der Waals surface area contributed by atoms with Crippen LogP contribution in [0.4, 0.5) is 11.5 Å². The largest absolute Gasteiger partial charge is 0.355 e. The fourth-order valence-electron chi connectivity index (χ4n) is 7.27. The Hall–Kier alpha value is -6.33. The van der Waals surface area contributed by atoms with E-state index in [-0.39, 0.29) is 0 Å². The molecule has 0 aliphatic heterocycles. The second-order valence-corrected chi connectivity index (χ2v) is 12.3. The number of aromatic amines is 2. The number of rotatable bonds is 6.